The van der Waals surface area contributed by atoms with Crippen LogP contribution in [0.1, 0.15) is 5.56 Å². The lowest BCUT2D eigenvalue weighted by Crippen LogP contribution is -1.99. The summed E-state index contributed by atoms with van der Waals surface area (Å²) in [6.45, 7) is 0.232. The summed E-state index contributed by atoms with van der Waals surface area (Å²) >= 11 is 0. The van der Waals surface area contributed by atoms with E-state index in [0.717, 1.165) is 5.69 Å². The lowest BCUT2D eigenvalue weighted by atomic mass is 10.2. The van der Waals surface area contributed by atoms with Crippen LogP contribution in [-0.2, 0) is 0 Å². The molecule has 0 fully saturated rings. The number of anilines is 3. The Morgan fingerprint density at radius 1 is 1.26 bits per heavy atom. The Morgan fingerprint density at radius 3 is 2.89 bits per heavy atom. The number of nitriles is 1. The van der Waals surface area contributed by atoms with Crippen LogP contribution in [0.4, 0.5) is 17.2 Å². The second kappa shape index (κ2) is 4.38. The van der Waals surface area contributed by atoms with Gasteiger partial charge in [0, 0.05) is 18.0 Å². The Hall–Kier alpha value is -2.94. The van der Waals surface area contributed by atoms with Crippen LogP contribution in [0, 0.1) is 11.3 Å². The minimum atomic E-state index is 0.232. The molecule has 3 rings (SSSR count). The normalized spacial score (nSPS) is 11.9. The molecule has 6 heteroatoms. The van der Waals surface area contributed by atoms with Gasteiger partial charge in [0.15, 0.2) is 17.3 Å². The van der Waals surface area contributed by atoms with Crippen LogP contribution in [0.3, 0.4) is 0 Å². The first kappa shape index (κ1) is 11.2. The van der Waals surface area contributed by atoms with E-state index >= 15 is 0 Å². The van der Waals surface area contributed by atoms with Crippen molar-refractivity contribution in [2.24, 2.45) is 0 Å². The van der Waals surface area contributed by atoms with Gasteiger partial charge in [-0.1, -0.05) is 0 Å². The van der Waals surface area contributed by atoms with Gasteiger partial charge in [-0.2, -0.15) is 5.26 Å². The summed E-state index contributed by atoms with van der Waals surface area (Å²) in [4.78, 5) is 4.11. The van der Waals surface area contributed by atoms with Crippen molar-refractivity contribution in [2.75, 3.05) is 17.8 Å². The highest BCUT2D eigenvalue weighted by Crippen LogP contribution is 2.35. The first-order valence-electron chi connectivity index (χ1n) is 5.58. The van der Waals surface area contributed by atoms with Gasteiger partial charge in [-0.05, 0) is 18.2 Å². The number of pyridine rings is 1. The summed E-state index contributed by atoms with van der Waals surface area (Å²) in [5.41, 5.74) is 7.45. The van der Waals surface area contributed by atoms with Crippen LogP contribution < -0.4 is 20.5 Å². The number of benzene rings is 1. The van der Waals surface area contributed by atoms with E-state index in [9.17, 15) is 0 Å². The average molecular weight is 254 g/mol. The van der Waals surface area contributed by atoms with Crippen LogP contribution in [0.5, 0.6) is 11.5 Å². The van der Waals surface area contributed by atoms with Crippen molar-refractivity contribution >= 4 is 17.2 Å². The third kappa shape index (κ3) is 2.09. The molecule has 2 heterocycles. The van der Waals surface area contributed by atoms with Gasteiger partial charge in [0.25, 0.3) is 0 Å². The number of ether oxygens (including phenoxy) is 2. The number of hydrogen-bond donors (Lipinski definition) is 2. The molecule has 3 N–H and O–H groups in total. The highest BCUT2D eigenvalue weighted by Gasteiger charge is 2.13. The molecule has 0 saturated heterocycles. The molecule has 19 heavy (non-hydrogen) atoms. The molecule has 0 amide bonds. The molecule has 94 valence electrons. The Kier molecular flexibility index (Phi) is 2.58. The Morgan fingerprint density at radius 2 is 2.11 bits per heavy atom. The highest BCUT2D eigenvalue weighted by atomic mass is 16.7. The molecule has 6 nitrogen and oxygen atoms in total. The van der Waals surface area contributed by atoms with Gasteiger partial charge in [-0.15, -0.1) is 0 Å². The molecule has 0 atom stereocenters. The topological polar surface area (TPSA) is 93.2 Å². The number of nitrogen functional groups attached to an aromatic ring is 1. The maximum atomic E-state index is 8.75. The van der Waals surface area contributed by atoms with Crippen molar-refractivity contribution in [2.45, 2.75) is 0 Å². The standard InChI is InChI=1S/C13H10N4O2/c14-5-8-3-10(15)13(16-6-8)17-9-1-2-11-12(4-9)19-7-18-11/h1-4,6H,7,15H2,(H,16,17). The molecular weight excluding hydrogens is 244 g/mol. The highest BCUT2D eigenvalue weighted by molar-refractivity contribution is 5.71. The number of aromatic nitrogens is 1. The van der Waals surface area contributed by atoms with Crippen molar-refractivity contribution in [1.29, 1.82) is 5.26 Å². The molecule has 0 aliphatic carbocycles. The van der Waals surface area contributed by atoms with E-state index in [0.29, 0.717) is 28.6 Å². The number of fused-ring (bicyclic) bond motifs is 1. The quantitative estimate of drug-likeness (QED) is 0.851. The van der Waals surface area contributed by atoms with Gasteiger partial charge in [-0.3, -0.25) is 0 Å². The first-order valence-corrected chi connectivity index (χ1v) is 5.58. The largest absolute Gasteiger partial charge is 0.454 e. The van der Waals surface area contributed by atoms with E-state index in [1.165, 1.54) is 6.20 Å². The molecule has 1 aliphatic rings. The fraction of sp³-hybridized carbons (Fsp3) is 0.0769. The SMILES string of the molecule is N#Cc1cnc(Nc2ccc3c(c2)OCO3)c(N)c1. The zero-order chi connectivity index (χ0) is 13.2. The molecule has 1 aromatic carbocycles. The summed E-state index contributed by atoms with van der Waals surface area (Å²) in [5.74, 6) is 1.89. The van der Waals surface area contributed by atoms with Crippen LogP contribution in [-0.4, -0.2) is 11.8 Å². The summed E-state index contributed by atoms with van der Waals surface area (Å²) in [6.07, 6.45) is 1.46. The zero-order valence-electron chi connectivity index (χ0n) is 9.88. The fourth-order valence-electron chi connectivity index (χ4n) is 1.76. The van der Waals surface area contributed by atoms with Crippen LogP contribution in [0.15, 0.2) is 30.5 Å². The summed E-state index contributed by atoms with van der Waals surface area (Å²) < 4.78 is 10.5. The van der Waals surface area contributed by atoms with Gasteiger partial charge >= 0.3 is 0 Å². The third-order valence-electron chi connectivity index (χ3n) is 2.68. The summed E-state index contributed by atoms with van der Waals surface area (Å²) in [7, 11) is 0. The molecular formula is C13H10N4O2. The third-order valence-corrected chi connectivity index (χ3v) is 2.68. The number of hydrogen-bond acceptors (Lipinski definition) is 6. The number of nitrogens with one attached hydrogen (secondary N) is 1. The molecule has 2 aromatic rings. The van der Waals surface area contributed by atoms with Crippen molar-refractivity contribution in [1.82, 2.24) is 4.98 Å². The lowest BCUT2D eigenvalue weighted by Gasteiger charge is -2.08. The van der Waals surface area contributed by atoms with E-state index < -0.39 is 0 Å². The smallest absolute Gasteiger partial charge is 0.231 e. The molecule has 1 aliphatic heterocycles. The van der Waals surface area contributed by atoms with E-state index in [-0.39, 0.29) is 6.79 Å². The zero-order valence-corrected chi connectivity index (χ0v) is 9.88. The molecule has 0 saturated carbocycles. The first-order chi connectivity index (χ1) is 9.26. The molecule has 0 spiro atoms. The summed E-state index contributed by atoms with van der Waals surface area (Å²) in [5, 5.41) is 11.8. The second-order valence-electron chi connectivity index (χ2n) is 3.97. The predicted octanol–water partition coefficient (Wildman–Crippen LogP) is 2.01. The Labute approximate surface area is 109 Å². The fourth-order valence-corrected chi connectivity index (χ4v) is 1.76. The average Bonchev–Trinajstić information content (AvgIpc) is 2.88. The van der Waals surface area contributed by atoms with Crippen molar-refractivity contribution in [3.05, 3.63) is 36.0 Å². The maximum absolute atomic E-state index is 8.75. The van der Waals surface area contributed by atoms with Crippen molar-refractivity contribution < 1.29 is 9.47 Å². The predicted molar refractivity (Wildman–Crippen MR) is 69.2 cm³/mol. The van der Waals surface area contributed by atoms with Gasteiger partial charge < -0.3 is 20.5 Å². The van der Waals surface area contributed by atoms with E-state index in [4.69, 9.17) is 20.5 Å². The molecule has 0 radical (unpaired) electrons. The molecule has 0 unspecified atom stereocenters. The van der Waals surface area contributed by atoms with Gasteiger partial charge in [0.1, 0.15) is 6.07 Å². The number of nitrogens with two attached hydrogens (primary N) is 1. The summed E-state index contributed by atoms with van der Waals surface area (Å²) in [6, 6.07) is 9.02. The van der Waals surface area contributed by atoms with Crippen molar-refractivity contribution in [3.8, 4) is 17.6 Å². The van der Waals surface area contributed by atoms with Crippen LogP contribution in [0.25, 0.3) is 0 Å². The van der Waals surface area contributed by atoms with Crippen LogP contribution in [0.2, 0.25) is 0 Å². The minimum Gasteiger partial charge on any atom is -0.454 e. The van der Waals surface area contributed by atoms with E-state index in [2.05, 4.69) is 10.3 Å². The molecule has 1 aromatic heterocycles. The van der Waals surface area contributed by atoms with Crippen LogP contribution >= 0.6 is 0 Å². The van der Waals surface area contributed by atoms with E-state index in [1.807, 2.05) is 24.3 Å². The van der Waals surface area contributed by atoms with E-state index in [1.54, 1.807) is 6.07 Å². The second-order valence-corrected chi connectivity index (χ2v) is 3.97. The monoisotopic (exact) mass is 254 g/mol. The van der Waals surface area contributed by atoms with Gasteiger partial charge in [-0.25, -0.2) is 4.98 Å². The molecule has 0 bridgehead atoms. The van der Waals surface area contributed by atoms with Crippen molar-refractivity contribution in [3.63, 3.8) is 0 Å². The Bertz CT molecular complexity index is 679. The maximum Gasteiger partial charge on any atom is 0.231 e. The number of rotatable bonds is 2. The Balaban J connectivity index is 1.87. The lowest BCUT2D eigenvalue weighted by molar-refractivity contribution is 0.174. The minimum absolute atomic E-state index is 0.232. The van der Waals surface area contributed by atoms with Gasteiger partial charge in [0.2, 0.25) is 6.79 Å². The number of nitrogens with zero attached hydrogens (tertiary/aromatic N) is 2. The van der Waals surface area contributed by atoms with Gasteiger partial charge in [0.05, 0.1) is 11.3 Å².